The number of rotatable bonds is 5. The molecular formula is C30H26F3N3O2S. The third-order valence-corrected chi connectivity index (χ3v) is 10.3. The van der Waals surface area contributed by atoms with Gasteiger partial charge in [0.05, 0.1) is 33.1 Å². The highest BCUT2D eigenvalue weighted by Crippen LogP contribution is 2.60. The molecule has 2 aromatic carbocycles. The molecule has 9 heteroatoms. The summed E-state index contributed by atoms with van der Waals surface area (Å²) in [6, 6.07) is 16.7. The molecule has 5 nitrogen and oxygen atoms in total. The number of sulfone groups is 1. The molecule has 0 N–H and O–H groups in total. The average molecular weight is 550 g/mol. The lowest BCUT2D eigenvalue weighted by Gasteiger charge is -2.48. The third-order valence-electron chi connectivity index (χ3n) is 8.06. The van der Waals surface area contributed by atoms with Gasteiger partial charge in [-0.1, -0.05) is 29.3 Å². The zero-order valence-corrected chi connectivity index (χ0v) is 22.0. The number of fused-ring (bicyclic) bond motifs is 2. The number of nitrogens with zero attached hydrogens (tertiary/aromatic N) is 3. The van der Waals surface area contributed by atoms with Gasteiger partial charge >= 0.3 is 0 Å². The molecule has 1 fully saturated rings. The average Bonchev–Trinajstić information content (AvgIpc) is 3.34. The lowest BCUT2D eigenvalue weighted by atomic mass is 9.60. The largest absolute Gasteiger partial charge is 0.299 e. The minimum Gasteiger partial charge on any atom is -0.255 e. The first kappa shape index (κ1) is 25.6. The third kappa shape index (κ3) is 4.11. The van der Waals surface area contributed by atoms with Crippen LogP contribution < -0.4 is 0 Å². The summed E-state index contributed by atoms with van der Waals surface area (Å²) in [6.45, 7) is 1.86. The number of alkyl halides is 2. The van der Waals surface area contributed by atoms with E-state index in [-0.39, 0.29) is 36.4 Å². The molecule has 0 aliphatic heterocycles. The van der Waals surface area contributed by atoms with Crippen molar-refractivity contribution in [3.8, 4) is 5.69 Å². The van der Waals surface area contributed by atoms with Gasteiger partial charge in [0, 0.05) is 6.20 Å². The van der Waals surface area contributed by atoms with Crippen molar-refractivity contribution in [3.63, 3.8) is 0 Å². The van der Waals surface area contributed by atoms with Crippen molar-refractivity contribution in [1.82, 2.24) is 14.8 Å². The van der Waals surface area contributed by atoms with Crippen LogP contribution in [0.4, 0.5) is 13.2 Å². The molecule has 200 valence electrons. The Morgan fingerprint density at radius 3 is 2.46 bits per heavy atom. The smallest absolute Gasteiger partial charge is 0.255 e. The second-order valence-corrected chi connectivity index (χ2v) is 12.6. The zero-order valence-electron chi connectivity index (χ0n) is 21.2. The molecule has 39 heavy (non-hydrogen) atoms. The minimum absolute atomic E-state index is 0.0984. The fourth-order valence-corrected chi connectivity index (χ4v) is 7.79. The highest BCUT2D eigenvalue weighted by Gasteiger charge is 2.62. The Labute approximate surface area is 224 Å². The van der Waals surface area contributed by atoms with E-state index in [0.29, 0.717) is 22.5 Å². The monoisotopic (exact) mass is 549 g/mol. The van der Waals surface area contributed by atoms with Crippen LogP contribution >= 0.6 is 0 Å². The van der Waals surface area contributed by atoms with Crippen LogP contribution in [0.3, 0.4) is 0 Å². The normalized spacial score (nSPS) is 21.1. The molecule has 2 atom stereocenters. The molecule has 6 rings (SSSR count). The van der Waals surface area contributed by atoms with Gasteiger partial charge in [0.25, 0.3) is 5.92 Å². The van der Waals surface area contributed by atoms with Gasteiger partial charge in [-0.3, -0.25) is 4.98 Å². The Bertz CT molecular complexity index is 1660. The molecule has 0 bridgehead atoms. The summed E-state index contributed by atoms with van der Waals surface area (Å²) in [5.41, 5.74) is 1.03. The molecule has 2 aliphatic carbocycles. The van der Waals surface area contributed by atoms with Gasteiger partial charge < -0.3 is 0 Å². The maximum atomic E-state index is 16.7. The minimum atomic E-state index is -3.87. The van der Waals surface area contributed by atoms with Gasteiger partial charge in [0.2, 0.25) is 0 Å². The first-order chi connectivity index (χ1) is 18.6. The van der Waals surface area contributed by atoms with Crippen molar-refractivity contribution in [2.24, 2.45) is 5.41 Å². The van der Waals surface area contributed by atoms with Crippen molar-refractivity contribution in [3.05, 3.63) is 113 Å². The summed E-state index contributed by atoms with van der Waals surface area (Å²) in [6.07, 6.45) is 4.65. The van der Waals surface area contributed by atoms with E-state index >= 15 is 8.78 Å². The summed E-state index contributed by atoms with van der Waals surface area (Å²) >= 11 is 0. The Hall–Kier alpha value is -3.72. The van der Waals surface area contributed by atoms with E-state index in [0.717, 1.165) is 5.56 Å². The Morgan fingerprint density at radius 1 is 1.03 bits per heavy atom. The summed E-state index contributed by atoms with van der Waals surface area (Å²) in [5, 5.41) is 3.45. The second kappa shape index (κ2) is 9.19. The molecule has 1 saturated carbocycles. The van der Waals surface area contributed by atoms with E-state index in [9.17, 15) is 12.8 Å². The van der Waals surface area contributed by atoms with Crippen molar-refractivity contribution >= 4 is 15.9 Å². The highest BCUT2D eigenvalue weighted by atomic mass is 32.2. The van der Waals surface area contributed by atoms with Crippen molar-refractivity contribution in [2.75, 3.05) is 0 Å². The van der Waals surface area contributed by atoms with E-state index in [1.165, 1.54) is 30.5 Å². The van der Waals surface area contributed by atoms with Crippen LogP contribution in [0, 0.1) is 18.2 Å². The zero-order chi connectivity index (χ0) is 27.4. The summed E-state index contributed by atoms with van der Waals surface area (Å²) < 4.78 is 75.9. The molecule has 0 saturated heterocycles. The van der Waals surface area contributed by atoms with Crippen LogP contribution in [-0.4, -0.2) is 28.4 Å². The van der Waals surface area contributed by atoms with Gasteiger partial charge in [-0.05, 0) is 92.8 Å². The van der Waals surface area contributed by atoms with Crippen molar-refractivity contribution in [2.45, 2.75) is 48.7 Å². The van der Waals surface area contributed by atoms with Gasteiger partial charge in [-0.25, -0.2) is 17.5 Å². The SMILES string of the molecule is Cc1ccc(S(=O)(=O)[C@H]2CCC3=Cc4c(cnn4-c4ccc(F)cc4)C[C@]3(C(F)(F)c3ccccn3)C2)cc1. The van der Waals surface area contributed by atoms with E-state index in [4.69, 9.17) is 0 Å². The van der Waals surface area contributed by atoms with E-state index in [2.05, 4.69) is 10.1 Å². The Morgan fingerprint density at radius 2 is 1.77 bits per heavy atom. The summed E-state index contributed by atoms with van der Waals surface area (Å²) in [7, 11) is -3.87. The van der Waals surface area contributed by atoms with Gasteiger partial charge in [0.15, 0.2) is 9.84 Å². The summed E-state index contributed by atoms with van der Waals surface area (Å²) in [5.74, 6) is -3.84. The van der Waals surface area contributed by atoms with Crippen LogP contribution in [0.25, 0.3) is 11.8 Å². The number of hydrogen-bond acceptors (Lipinski definition) is 4. The fraction of sp³-hybridized carbons (Fsp3) is 0.267. The Kier molecular flexibility index (Phi) is 6.02. The number of benzene rings is 2. The van der Waals surface area contributed by atoms with E-state index in [1.54, 1.807) is 59.4 Å². The fourth-order valence-electron chi connectivity index (χ4n) is 5.95. The van der Waals surface area contributed by atoms with Crippen LogP contribution in [0.1, 0.15) is 41.8 Å². The standard InChI is InChI=1S/C30H26F3N3O2S/c1-20-5-12-25(13-6-20)39(37,38)26-14-7-22-16-27-21(19-35-36(27)24-10-8-23(31)9-11-24)17-29(22,18-26)30(32,33)28-4-2-3-15-34-28/h2-6,8-13,15-16,19,26H,7,14,17-18H2,1H3/t26-,29-/m0/s1. The molecule has 0 unspecified atom stereocenters. The first-order valence-electron chi connectivity index (χ1n) is 12.8. The first-order valence-corrected chi connectivity index (χ1v) is 14.3. The number of pyridine rings is 1. The van der Waals surface area contributed by atoms with Gasteiger partial charge in [0.1, 0.15) is 11.5 Å². The number of aromatic nitrogens is 3. The molecule has 2 aliphatic rings. The molecule has 4 aromatic rings. The predicted octanol–water partition coefficient (Wildman–Crippen LogP) is 6.46. The molecule has 0 spiro atoms. The van der Waals surface area contributed by atoms with Gasteiger partial charge in [-0.15, -0.1) is 0 Å². The lowest BCUT2D eigenvalue weighted by molar-refractivity contribution is -0.125. The number of hydrogen-bond donors (Lipinski definition) is 0. The molecule has 0 amide bonds. The second-order valence-electron chi connectivity index (χ2n) is 10.4. The van der Waals surface area contributed by atoms with Crippen molar-refractivity contribution in [1.29, 1.82) is 0 Å². The van der Waals surface area contributed by atoms with E-state index < -0.39 is 32.1 Å². The van der Waals surface area contributed by atoms with E-state index in [1.807, 2.05) is 6.92 Å². The maximum absolute atomic E-state index is 16.7. The highest BCUT2D eigenvalue weighted by molar-refractivity contribution is 7.92. The van der Waals surface area contributed by atoms with Crippen molar-refractivity contribution < 1.29 is 21.6 Å². The quantitative estimate of drug-likeness (QED) is 0.287. The van der Waals surface area contributed by atoms with Gasteiger partial charge in [-0.2, -0.15) is 13.9 Å². The lowest BCUT2D eigenvalue weighted by Crippen LogP contribution is -2.50. The van der Waals surface area contributed by atoms with Crippen LogP contribution in [-0.2, 0) is 22.2 Å². The van der Waals surface area contributed by atoms with Crippen LogP contribution in [0.2, 0.25) is 0 Å². The molecule has 0 radical (unpaired) electrons. The predicted molar refractivity (Wildman–Crippen MR) is 142 cm³/mol. The molecular weight excluding hydrogens is 523 g/mol. The number of aryl methyl sites for hydroxylation is 1. The topological polar surface area (TPSA) is 64.8 Å². The Balaban J connectivity index is 1.48. The van der Waals surface area contributed by atoms with Crippen LogP contribution in [0.15, 0.2) is 89.6 Å². The number of allylic oxidation sites excluding steroid dienone is 1. The maximum Gasteiger partial charge on any atom is 0.299 e. The molecule has 2 heterocycles. The number of halogens is 3. The van der Waals surface area contributed by atoms with Crippen LogP contribution in [0.5, 0.6) is 0 Å². The molecule has 2 aromatic heterocycles. The summed E-state index contributed by atoms with van der Waals surface area (Å²) in [4.78, 5) is 4.14.